The van der Waals surface area contributed by atoms with Crippen molar-refractivity contribution in [3.05, 3.63) is 0 Å². The zero-order valence-electron chi connectivity index (χ0n) is 9.12. The van der Waals surface area contributed by atoms with Crippen molar-refractivity contribution in [3.8, 4) is 0 Å². The molecule has 0 bridgehead atoms. The molecule has 0 aliphatic rings. The maximum atomic E-state index is 11.2. The molecule has 0 aliphatic heterocycles. The van der Waals surface area contributed by atoms with E-state index >= 15 is 0 Å². The van der Waals surface area contributed by atoms with Crippen LogP contribution in [-0.2, 0) is 14.3 Å². The maximum absolute atomic E-state index is 11.2. The van der Waals surface area contributed by atoms with Crippen molar-refractivity contribution >= 4 is 5.97 Å². The van der Waals surface area contributed by atoms with Gasteiger partial charge in [-0.2, -0.15) is 0 Å². The Morgan fingerprint density at radius 3 is 2.64 bits per heavy atom. The van der Waals surface area contributed by atoms with E-state index in [9.17, 15) is 4.79 Å². The van der Waals surface area contributed by atoms with Gasteiger partial charge in [0.25, 0.3) is 0 Å². The average molecular weight is 203 g/mol. The van der Waals surface area contributed by atoms with Crippen LogP contribution < -0.4 is 5.73 Å². The fraction of sp³-hybridized carbons (Fsp3) is 0.900. The van der Waals surface area contributed by atoms with Crippen LogP contribution in [0.2, 0.25) is 0 Å². The van der Waals surface area contributed by atoms with Crippen molar-refractivity contribution in [2.24, 2.45) is 11.7 Å². The highest BCUT2D eigenvalue weighted by Gasteiger charge is 2.12. The van der Waals surface area contributed by atoms with Crippen LogP contribution in [0, 0.1) is 5.92 Å². The van der Waals surface area contributed by atoms with Gasteiger partial charge in [-0.25, -0.2) is 0 Å². The molecule has 0 aromatic carbocycles. The number of nitrogens with two attached hydrogens (primary N) is 1. The average Bonchev–Trinajstić information content (AvgIpc) is 2.17. The SMILES string of the molecule is CCCOCCOC(=O)C(C)CCN. The van der Waals surface area contributed by atoms with Crippen LogP contribution in [0.5, 0.6) is 0 Å². The topological polar surface area (TPSA) is 61.5 Å². The van der Waals surface area contributed by atoms with Crippen LogP contribution in [0.1, 0.15) is 26.7 Å². The molecular weight excluding hydrogens is 182 g/mol. The molecule has 1 unspecified atom stereocenters. The number of hydrogen-bond donors (Lipinski definition) is 1. The third-order valence-corrected chi connectivity index (χ3v) is 1.82. The number of carbonyl (C=O) groups is 1. The minimum absolute atomic E-state index is 0.105. The van der Waals surface area contributed by atoms with Crippen LogP contribution in [-0.4, -0.2) is 32.3 Å². The predicted octanol–water partition coefficient (Wildman–Crippen LogP) is 0.941. The molecule has 0 aromatic rings. The molecule has 4 nitrogen and oxygen atoms in total. The Hall–Kier alpha value is -0.610. The monoisotopic (exact) mass is 203 g/mol. The Balaban J connectivity index is 3.34. The van der Waals surface area contributed by atoms with E-state index in [0.29, 0.717) is 26.2 Å². The van der Waals surface area contributed by atoms with Crippen molar-refractivity contribution in [1.29, 1.82) is 0 Å². The molecule has 0 saturated heterocycles. The third kappa shape index (κ3) is 6.86. The highest BCUT2D eigenvalue weighted by Crippen LogP contribution is 2.02. The van der Waals surface area contributed by atoms with Crippen LogP contribution in [0.4, 0.5) is 0 Å². The van der Waals surface area contributed by atoms with E-state index in [1.165, 1.54) is 0 Å². The van der Waals surface area contributed by atoms with Crippen molar-refractivity contribution in [2.75, 3.05) is 26.4 Å². The van der Waals surface area contributed by atoms with Gasteiger partial charge < -0.3 is 15.2 Å². The van der Waals surface area contributed by atoms with E-state index in [0.717, 1.165) is 13.0 Å². The Morgan fingerprint density at radius 1 is 1.36 bits per heavy atom. The van der Waals surface area contributed by atoms with E-state index in [4.69, 9.17) is 15.2 Å². The fourth-order valence-corrected chi connectivity index (χ4v) is 0.958. The molecule has 0 aromatic heterocycles. The van der Waals surface area contributed by atoms with Crippen LogP contribution >= 0.6 is 0 Å². The van der Waals surface area contributed by atoms with Gasteiger partial charge >= 0.3 is 5.97 Å². The summed E-state index contributed by atoms with van der Waals surface area (Å²) in [6.45, 7) is 5.92. The quantitative estimate of drug-likeness (QED) is 0.471. The minimum atomic E-state index is -0.185. The van der Waals surface area contributed by atoms with E-state index in [1.54, 1.807) is 0 Å². The number of rotatable bonds is 8. The third-order valence-electron chi connectivity index (χ3n) is 1.82. The lowest BCUT2D eigenvalue weighted by molar-refractivity contribution is -0.149. The first-order valence-electron chi connectivity index (χ1n) is 5.16. The normalized spacial score (nSPS) is 12.5. The van der Waals surface area contributed by atoms with E-state index < -0.39 is 0 Å². The highest BCUT2D eigenvalue weighted by molar-refractivity contribution is 5.71. The van der Waals surface area contributed by atoms with Gasteiger partial charge in [0.1, 0.15) is 6.61 Å². The number of ether oxygens (including phenoxy) is 2. The largest absolute Gasteiger partial charge is 0.463 e. The minimum Gasteiger partial charge on any atom is -0.463 e. The molecule has 0 saturated carbocycles. The fourth-order valence-electron chi connectivity index (χ4n) is 0.958. The first-order chi connectivity index (χ1) is 6.72. The predicted molar refractivity (Wildman–Crippen MR) is 54.9 cm³/mol. The lowest BCUT2D eigenvalue weighted by Gasteiger charge is -2.10. The number of esters is 1. The second-order valence-corrected chi connectivity index (χ2v) is 3.26. The van der Waals surface area contributed by atoms with Crippen molar-refractivity contribution in [2.45, 2.75) is 26.7 Å². The second kappa shape index (κ2) is 8.97. The Bertz CT molecular complexity index is 150. The molecule has 14 heavy (non-hydrogen) atoms. The van der Waals surface area contributed by atoms with Gasteiger partial charge in [0.05, 0.1) is 12.5 Å². The van der Waals surface area contributed by atoms with Crippen LogP contribution in [0.3, 0.4) is 0 Å². The molecule has 0 aliphatic carbocycles. The summed E-state index contributed by atoms with van der Waals surface area (Å²) in [6.07, 6.45) is 1.66. The molecule has 0 fully saturated rings. The number of hydrogen-bond acceptors (Lipinski definition) is 4. The standard InChI is InChI=1S/C10H21NO3/c1-3-6-13-7-8-14-10(12)9(2)4-5-11/h9H,3-8,11H2,1-2H3. The molecule has 0 heterocycles. The van der Waals surface area contributed by atoms with Gasteiger partial charge in [-0.05, 0) is 19.4 Å². The summed E-state index contributed by atoms with van der Waals surface area (Å²) in [5.74, 6) is -0.290. The molecule has 0 radical (unpaired) electrons. The van der Waals surface area contributed by atoms with Crippen molar-refractivity contribution in [3.63, 3.8) is 0 Å². The Labute approximate surface area is 85.8 Å². The van der Waals surface area contributed by atoms with Gasteiger partial charge in [-0.3, -0.25) is 4.79 Å². The second-order valence-electron chi connectivity index (χ2n) is 3.26. The Morgan fingerprint density at radius 2 is 2.07 bits per heavy atom. The summed E-state index contributed by atoms with van der Waals surface area (Å²) in [5.41, 5.74) is 5.33. The van der Waals surface area contributed by atoms with Gasteiger partial charge in [-0.15, -0.1) is 0 Å². The van der Waals surface area contributed by atoms with Crippen molar-refractivity contribution in [1.82, 2.24) is 0 Å². The zero-order chi connectivity index (χ0) is 10.8. The molecule has 0 rings (SSSR count). The molecular formula is C10H21NO3. The molecule has 0 amide bonds. The highest BCUT2D eigenvalue weighted by atomic mass is 16.6. The van der Waals surface area contributed by atoms with Gasteiger partial charge in [0.2, 0.25) is 0 Å². The first kappa shape index (κ1) is 13.4. The van der Waals surface area contributed by atoms with Crippen LogP contribution in [0.25, 0.3) is 0 Å². The Kier molecular flexibility index (Phi) is 8.57. The molecule has 2 N–H and O–H groups in total. The molecule has 84 valence electrons. The van der Waals surface area contributed by atoms with E-state index in [-0.39, 0.29) is 11.9 Å². The lowest BCUT2D eigenvalue weighted by atomic mass is 10.1. The molecule has 4 heteroatoms. The van der Waals surface area contributed by atoms with Gasteiger partial charge in [0.15, 0.2) is 0 Å². The summed E-state index contributed by atoms with van der Waals surface area (Å²) in [7, 11) is 0. The zero-order valence-corrected chi connectivity index (χ0v) is 9.12. The summed E-state index contributed by atoms with van der Waals surface area (Å²) >= 11 is 0. The lowest BCUT2D eigenvalue weighted by Crippen LogP contribution is -2.20. The number of carbonyl (C=O) groups excluding carboxylic acids is 1. The molecule has 0 spiro atoms. The van der Waals surface area contributed by atoms with Gasteiger partial charge in [-0.1, -0.05) is 13.8 Å². The van der Waals surface area contributed by atoms with Gasteiger partial charge in [0, 0.05) is 6.61 Å². The summed E-state index contributed by atoms with van der Waals surface area (Å²) in [6, 6.07) is 0. The smallest absolute Gasteiger partial charge is 0.308 e. The molecule has 1 atom stereocenters. The summed E-state index contributed by atoms with van der Waals surface area (Å²) in [4.78, 5) is 11.2. The van der Waals surface area contributed by atoms with Crippen LogP contribution in [0.15, 0.2) is 0 Å². The van der Waals surface area contributed by atoms with E-state index in [1.807, 2.05) is 13.8 Å². The van der Waals surface area contributed by atoms with E-state index in [2.05, 4.69) is 0 Å². The maximum Gasteiger partial charge on any atom is 0.308 e. The first-order valence-corrected chi connectivity index (χ1v) is 5.16. The summed E-state index contributed by atoms with van der Waals surface area (Å²) < 4.78 is 10.2. The summed E-state index contributed by atoms with van der Waals surface area (Å²) in [5, 5.41) is 0. The van der Waals surface area contributed by atoms with Crippen molar-refractivity contribution < 1.29 is 14.3 Å².